The fraction of sp³-hybridized carbons (Fsp3) is 1.00. The third-order valence-corrected chi connectivity index (χ3v) is 2.24. The van der Waals surface area contributed by atoms with Gasteiger partial charge in [-0.3, -0.25) is 0 Å². The zero-order valence-electron chi connectivity index (χ0n) is 6.48. The zero-order valence-corrected chi connectivity index (χ0v) is 6.48. The summed E-state index contributed by atoms with van der Waals surface area (Å²) >= 11 is 0. The van der Waals surface area contributed by atoms with Gasteiger partial charge in [0.25, 0.3) is 0 Å². The van der Waals surface area contributed by atoms with E-state index < -0.39 is 0 Å². The molecule has 0 bridgehead atoms. The molecule has 0 aliphatic heterocycles. The van der Waals surface area contributed by atoms with Crippen LogP contribution in [0.2, 0.25) is 0 Å². The van der Waals surface area contributed by atoms with E-state index in [0.29, 0.717) is 11.5 Å². The second-order valence-corrected chi connectivity index (χ2v) is 4.02. The number of hydrogen-bond acceptors (Lipinski definition) is 1. The van der Waals surface area contributed by atoms with Crippen molar-refractivity contribution < 1.29 is 0 Å². The minimum absolute atomic E-state index is 0.480. The van der Waals surface area contributed by atoms with Crippen molar-refractivity contribution in [3.05, 3.63) is 0 Å². The van der Waals surface area contributed by atoms with E-state index in [-0.39, 0.29) is 0 Å². The maximum atomic E-state index is 5.81. The van der Waals surface area contributed by atoms with Crippen molar-refractivity contribution in [3.8, 4) is 0 Å². The summed E-state index contributed by atoms with van der Waals surface area (Å²) in [6.45, 7) is 4.62. The molecule has 2 N–H and O–H groups in total. The molecule has 54 valence electrons. The predicted octanol–water partition coefficient (Wildman–Crippen LogP) is 1.91. The van der Waals surface area contributed by atoms with Crippen LogP contribution in [0.3, 0.4) is 0 Å². The van der Waals surface area contributed by atoms with Gasteiger partial charge < -0.3 is 5.73 Å². The van der Waals surface area contributed by atoms with Gasteiger partial charge in [0.2, 0.25) is 0 Å². The number of nitrogens with two attached hydrogens (primary N) is 1. The van der Waals surface area contributed by atoms with Crippen molar-refractivity contribution in [1.82, 2.24) is 0 Å². The summed E-state index contributed by atoms with van der Waals surface area (Å²) in [6, 6.07) is 0.480. The second kappa shape index (κ2) is 2.30. The molecule has 1 rings (SSSR count). The fourth-order valence-corrected chi connectivity index (χ4v) is 1.76. The lowest BCUT2D eigenvalue weighted by Gasteiger charge is -2.33. The van der Waals surface area contributed by atoms with Crippen LogP contribution in [0.15, 0.2) is 0 Å². The van der Waals surface area contributed by atoms with E-state index in [2.05, 4.69) is 13.8 Å². The van der Waals surface area contributed by atoms with Crippen molar-refractivity contribution in [3.63, 3.8) is 0 Å². The van der Waals surface area contributed by atoms with Crippen LogP contribution in [0.4, 0.5) is 0 Å². The second-order valence-electron chi connectivity index (χ2n) is 4.02. The minimum atomic E-state index is 0.480. The molecule has 0 aromatic carbocycles. The van der Waals surface area contributed by atoms with E-state index in [1.165, 1.54) is 25.7 Å². The van der Waals surface area contributed by atoms with Crippen LogP contribution in [-0.2, 0) is 0 Å². The van der Waals surface area contributed by atoms with Crippen LogP contribution in [0.5, 0.6) is 0 Å². The normalized spacial score (nSPS) is 34.3. The van der Waals surface area contributed by atoms with Crippen molar-refractivity contribution in [1.29, 1.82) is 0 Å². The Labute approximate surface area is 57.6 Å². The van der Waals surface area contributed by atoms with E-state index in [1.807, 2.05) is 0 Å². The van der Waals surface area contributed by atoms with Gasteiger partial charge in [0.05, 0.1) is 0 Å². The van der Waals surface area contributed by atoms with E-state index in [0.717, 1.165) is 0 Å². The molecule has 1 nitrogen and oxygen atoms in total. The summed E-state index contributed by atoms with van der Waals surface area (Å²) in [5.74, 6) is 0. The highest BCUT2D eigenvalue weighted by molar-refractivity contribution is 4.80. The Balaban J connectivity index is 2.41. The molecule has 0 heterocycles. The Kier molecular flexibility index (Phi) is 1.80. The van der Waals surface area contributed by atoms with E-state index in [4.69, 9.17) is 5.73 Å². The Bertz CT molecular complexity index is 96.7. The first kappa shape index (κ1) is 7.07. The first-order valence-corrected chi connectivity index (χ1v) is 3.86. The van der Waals surface area contributed by atoms with Crippen molar-refractivity contribution in [2.24, 2.45) is 11.1 Å². The summed E-state index contributed by atoms with van der Waals surface area (Å²) in [5, 5.41) is 0. The van der Waals surface area contributed by atoms with Crippen LogP contribution in [-0.4, -0.2) is 6.04 Å². The van der Waals surface area contributed by atoms with Gasteiger partial charge in [-0.15, -0.1) is 0 Å². The largest absolute Gasteiger partial charge is 0.328 e. The molecular weight excluding hydrogens is 110 g/mol. The molecule has 1 fully saturated rings. The monoisotopic (exact) mass is 127 g/mol. The highest BCUT2D eigenvalue weighted by atomic mass is 14.6. The lowest BCUT2D eigenvalue weighted by molar-refractivity contribution is 0.221. The molecule has 1 aliphatic rings. The highest BCUT2D eigenvalue weighted by Gasteiger charge is 2.25. The Hall–Kier alpha value is -0.0400. The summed E-state index contributed by atoms with van der Waals surface area (Å²) in [6.07, 6.45) is 5.14. The lowest BCUT2D eigenvalue weighted by Crippen LogP contribution is -2.32. The molecule has 1 heteroatoms. The Morgan fingerprint density at radius 2 is 2.11 bits per heavy atom. The molecule has 0 aromatic rings. The van der Waals surface area contributed by atoms with Crippen LogP contribution in [0, 0.1) is 5.41 Å². The van der Waals surface area contributed by atoms with Gasteiger partial charge in [0.15, 0.2) is 0 Å². The first-order valence-electron chi connectivity index (χ1n) is 3.86. The minimum Gasteiger partial charge on any atom is -0.328 e. The van der Waals surface area contributed by atoms with Gasteiger partial charge >= 0.3 is 0 Å². The van der Waals surface area contributed by atoms with Gasteiger partial charge in [-0.25, -0.2) is 0 Å². The lowest BCUT2D eigenvalue weighted by atomic mass is 9.75. The summed E-state index contributed by atoms with van der Waals surface area (Å²) < 4.78 is 0. The van der Waals surface area contributed by atoms with Gasteiger partial charge in [-0.1, -0.05) is 20.3 Å². The zero-order chi connectivity index (χ0) is 6.91. The summed E-state index contributed by atoms with van der Waals surface area (Å²) in [7, 11) is 0. The van der Waals surface area contributed by atoms with Crippen molar-refractivity contribution >= 4 is 0 Å². The molecule has 0 unspecified atom stereocenters. The van der Waals surface area contributed by atoms with Crippen LogP contribution in [0.25, 0.3) is 0 Å². The predicted molar refractivity (Wildman–Crippen MR) is 40.2 cm³/mol. The third-order valence-electron chi connectivity index (χ3n) is 2.24. The van der Waals surface area contributed by atoms with E-state index in [1.54, 1.807) is 0 Å². The van der Waals surface area contributed by atoms with Gasteiger partial charge in [0.1, 0.15) is 0 Å². The third kappa shape index (κ3) is 1.98. The molecule has 9 heavy (non-hydrogen) atoms. The Morgan fingerprint density at radius 1 is 1.44 bits per heavy atom. The fourth-order valence-electron chi connectivity index (χ4n) is 1.76. The summed E-state index contributed by atoms with van der Waals surface area (Å²) in [5.41, 5.74) is 6.34. The van der Waals surface area contributed by atoms with Gasteiger partial charge in [-0.05, 0) is 24.7 Å². The molecular formula is C8H17N. The smallest absolute Gasteiger partial charge is 0.00439 e. The molecule has 1 saturated carbocycles. The standard InChI is InChI=1S/C8H17N/c1-8(2)5-3-4-7(9)6-8/h7H,3-6,9H2,1-2H3/t7-/m0/s1. The maximum Gasteiger partial charge on any atom is 0.00439 e. The van der Waals surface area contributed by atoms with Crippen molar-refractivity contribution in [2.45, 2.75) is 45.6 Å². The van der Waals surface area contributed by atoms with E-state index in [9.17, 15) is 0 Å². The average molecular weight is 127 g/mol. The van der Waals surface area contributed by atoms with Crippen LogP contribution < -0.4 is 5.73 Å². The summed E-state index contributed by atoms with van der Waals surface area (Å²) in [4.78, 5) is 0. The van der Waals surface area contributed by atoms with Crippen LogP contribution in [0.1, 0.15) is 39.5 Å². The van der Waals surface area contributed by atoms with E-state index >= 15 is 0 Å². The topological polar surface area (TPSA) is 26.0 Å². The maximum absolute atomic E-state index is 5.81. The molecule has 0 spiro atoms. The molecule has 1 aliphatic carbocycles. The number of rotatable bonds is 0. The molecule has 0 saturated heterocycles. The van der Waals surface area contributed by atoms with Gasteiger partial charge in [-0.2, -0.15) is 0 Å². The van der Waals surface area contributed by atoms with Crippen molar-refractivity contribution in [2.75, 3.05) is 0 Å². The van der Waals surface area contributed by atoms with Gasteiger partial charge in [0, 0.05) is 6.04 Å². The average Bonchev–Trinajstić information content (AvgIpc) is 1.60. The molecule has 0 amide bonds. The first-order chi connectivity index (χ1) is 4.10. The quantitative estimate of drug-likeness (QED) is 0.528. The number of hydrogen-bond donors (Lipinski definition) is 1. The molecule has 0 aromatic heterocycles. The molecule has 0 radical (unpaired) electrons. The SMILES string of the molecule is CC1(C)CCC[C@H](N)C1. The highest BCUT2D eigenvalue weighted by Crippen LogP contribution is 2.33. The molecule has 1 atom stereocenters. The van der Waals surface area contributed by atoms with Crippen LogP contribution >= 0.6 is 0 Å². The Morgan fingerprint density at radius 3 is 2.44 bits per heavy atom.